The molecule has 0 saturated carbocycles. The smallest absolute Gasteiger partial charge is 0.0685 e. The number of aryl methyl sites for hydroxylation is 2. The molecule has 0 amide bonds. The van der Waals surface area contributed by atoms with Crippen molar-refractivity contribution in [2.24, 2.45) is 0 Å². The van der Waals surface area contributed by atoms with Crippen LogP contribution in [0.1, 0.15) is 18.3 Å². The van der Waals surface area contributed by atoms with Gasteiger partial charge in [-0.15, -0.1) is 0 Å². The van der Waals surface area contributed by atoms with Gasteiger partial charge in [-0.25, -0.2) is 0 Å². The number of benzene rings is 1. The molecule has 1 heterocycles. The van der Waals surface area contributed by atoms with Crippen molar-refractivity contribution < 1.29 is 0 Å². The van der Waals surface area contributed by atoms with Crippen LogP contribution in [-0.2, 0) is 6.42 Å². The SMILES string of the molecule is CCc1ccc(C)n1-c1ccccc1N. The summed E-state index contributed by atoms with van der Waals surface area (Å²) in [7, 11) is 0. The number of hydrogen-bond acceptors (Lipinski definition) is 1. The molecule has 0 saturated heterocycles. The van der Waals surface area contributed by atoms with E-state index in [-0.39, 0.29) is 0 Å². The summed E-state index contributed by atoms with van der Waals surface area (Å²) in [5, 5.41) is 0. The van der Waals surface area contributed by atoms with Gasteiger partial charge in [-0.05, 0) is 37.6 Å². The number of anilines is 1. The Kier molecular flexibility index (Phi) is 2.50. The van der Waals surface area contributed by atoms with E-state index in [9.17, 15) is 0 Å². The molecule has 0 unspecified atom stereocenters. The fourth-order valence-corrected chi connectivity index (χ4v) is 1.90. The maximum absolute atomic E-state index is 5.98. The Morgan fingerprint density at radius 1 is 1.13 bits per heavy atom. The molecular weight excluding hydrogens is 184 g/mol. The molecule has 0 fully saturated rings. The van der Waals surface area contributed by atoms with Crippen molar-refractivity contribution in [3.63, 3.8) is 0 Å². The standard InChI is InChI=1S/C13H16N2/c1-3-11-9-8-10(2)15(11)13-7-5-4-6-12(13)14/h4-9H,3,14H2,1-2H3. The lowest BCUT2D eigenvalue weighted by atomic mass is 10.2. The van der Waals surface area contributed by atoms with Gasteiger partial charge in [-0.2, -0.15) is 0 Å². The van der Waals surface area contributed by atoms with Crippen molar-refractivity contribution in [3.8, 4) is 5.69 Å². The third-order valence-corrected chi connectivity index (χ3v) is 2.70. The van der Waals surface area contributed by atoms with Crippen LogP contribution in [0.15, 0.2) is 36.4 Å². The Hall–Kier alpha value is -1.70. The third-order valence-electron chi connectivity index (χ3n) is 2.70. The maximum atomic E-state index is 5.98. The van der Waals surface area contributed by atoms with Crippen LogP contribution < -0.4 is 5.73 Å². The second-order valence-corrected chi connectivity index (χ2v) is 3.71. The molecule has 1 aromatic heterocycles. The molecule has 0 spiro atoms. The minimum atomic E-state index is 0.825. The Labute approximate surface area is 90.3 Å². The average Bonchev–Trinajstić information content (AvgIpc) is 2.60. The Morgan fingerprint density at radius 3 is 2.53 bits per heavy atom. The number of para-hydroxylation sites is 2. The molecule has 2 rings (SSSR count). The summed E-state index contributed by atoms with van der Waals surface area (Å²) < 4.78 is 2.22. The van der Waals surface area contributed by atoms with Crippen LogP contribution in [0, 0.1) is 6.92 Å². The molecule has 1 aromatic carbocycles. The summed E-state index contributed by atoms with van der Waals surface area (Å²) in [5.74, 6) is 0. The van der Waals surface area contributed by atoms with Crippen molar-refractivity contribution in [1.82, 2.24) is 4.57 Å². The van der Waals surface area contributed by atoms with Crippen LogP contribution in [0.3, 0.4) is 0 Å². The van der Waals surface area contributed by atoms with E-state index in [1.165, 1.54) is 11.4 Å². The molecule has 2 heteroatoms. The van der Waals surface area contributed by atoms with E-state index in [0.717, 1.165) is 17.8 Å². The van der Waals surface area contributed by atoms with Crippen molar-refractivity contribution >= 4 is 5.69 Å². The van der Waals surface area contributed by atoms with Gasteiger partial charge in [0, 0.05) is 11.4 Å². The van der Waals surface area contributed by atoms with Crippen molar-refractivity contribution in [2.45, 2.75) is 20.3 Å². The summed E-state index contributed by atoms with van der Waals surface area (Å²) in [6.45, 7) is 4.26. The van der Waals surface area contributed by atoms with Crippen molar-refractivity contribution in [2.75, 3.05) is 5.73 Å². The molecule has 0 atom stereocenters. The normalized spacial score (nSPS) is 10.5. The van der Waals surface area contributed by atoms with E-state index in [1.54, 1.807) is 0 Å². The molecule has 0 bridgehead atoms. The predicted molar refractivity (Wildman–Crippen MR) is 64.3 cm³/mol. The first-order chi connectivity index (χ1) is 7.24. The van der Waals surface area contributed by atoms with Gasteiger partial charge in [0.1, 0.15) is 0 Å². The molecule has 15 heavy (non-hydrogen) atoms. The van der Waals surface area contributed by atoms with Crippen molar-refractivity contribution in [3.05, 3.63) is 47.8 Å². The van der Waals surface area contributed by atoms with E-state index in [1.807, 2.05) is 18.2 Å². The minimum absolute atomic E-state index is 0.825. The Balaban J connectivity index is 2.63. The highest BCUT2D eigenvalue weighted by Gasteiger charge is 2.07. The third kappa shape index (κ3) is 1.63. The van der Waals surface area contributed by atoms with Crippen molar-refractivity contribution in [1.29, 1.82) is 0 Å². The molecule has 0 radical (unpaired) electrons. The fourth-order valence-electron chi connectivity index (χ4n) is 1.90. The van der Waals surface area contributed by atoms with Gasteiger partial charge >= 0.3 is 0 Å². The van der Waals surface area contributed by atoms with E-state index in [2.05, 4.69) is 36.6 Å². The second-order valence-electron chi connectivity index (χ2n) is 3.71. The molecule has 2 aromatic rings. The van der Waals surface area contributed by atoms with E-state index < -0.39 is 0 Å². The average molecular weight is 200 g/mol. The Morgan fingerprint density at radius 2 is 1.87 bits per heavy atom. The Bertz CT molecular complexity index is 469. The zero-order valence-electron chi connectivity index (χ0n) is 9.20. The predicted octanol–water partition coefficient (Wildman–Crippen LogP) is 2.93. The van der Waals surface area contributed by atoms with Crippen LogP contribution in [0.25, 0.3) is 5.69 Å². The molecule has 0 aliphatic carbocycles. The van der Waals surface area contributed by atoms with Crippen LogP contribution in [-0.4, -0.2) is 4.57 Å². The molecule has 2 N–H and O–H groups in total. The first kappa shape index (κ1) is 9.84. The van der Waals surface area contributed by atoms with Gasteiger partial charge in [0.15, 0.2) is 0 Å². The quantitative estimate of drug-likeness (QED) is 0.742. The first-order valence-electron chi connectivity index (χ1n) is 5.26. The van der Waals surface area contributed by atoms with Crippen LogP contribution in [0.2, 0.25) is 0 Å². The lowest BCUT2D eigenvalue weighted by Crippen LogP contribution is -2.04. The van der Waals surface area contributed by atoms with Crippen LogP contribution in [0.4, 0.5) is 5.69 Å². The zero-order valence-corrected chi connectivity index (χ0v) is 9.20. The second kappa shape index (κ2) is 3.81. The summed E-state index contributed by atoms with van der Waals surface area (Å²) >= 11 is 0. The number of nitrogen functional groups attached to an aromatic ring is 1. The molecule has 78 valence electrons. The lowest BCUT2D eigenvalue weighted by Gasteiger charge is -2.12. The van der Waals surface area contributed by atoms with Gasteiger partial charge in [0.2, 0.25) is 0 Å². The van der Waals surface area contributed by atoms with E-state index in [4.69, 9.17) is 5.73 Å². The fraction of sp³-hybridized carbons (Fsp3) is 0.231. The molecule has 2 nitrogen and oxygen atoms in total. The summed E-state index contributed by atoms with van der Waals surface area (Å²) in [4.78, 5) is 0. The number of hydrogen-bond donors (Lipinski definition) is 1. The number of aromatic nitrogens is 1. The first-order valence-corrected chi connectivity index (χ1v) is 5.26. The van der Waals surface area contributed by atoms with Gasteiger partial charge in [0.25, 0.3) is 0 Å². The summed E-state index contributed by atoms with van der Waals surface area (Å²) in [5.41, 5.74) is 10.4. The molecule has 0 aliphatic rings. The van der Waals surface area contributed by atoms with Gasteiger partial charge in [-0.1, -0.05) is 19.1 Å². The van der Waals surface area contributed by atoms with Gasteiger partial charge in [0.05, 0.1) is 11.4 Å². The lowest BCUT2D eigenvalue weighted by molar-refractivity contribution is 0.908. The number of rotatable bonds is 2. The summed E-state index contributed by atoms with van der Waals surface area (Å²) in [6, 6.07) is 12.3. The van der Waals surface area contributed by atoms with Crippen LogP contribution in [0.5, 0.6) is 0 Å². The van der Waals surface area contributed by atoms with Gasteiger partial charge < -0.3 is 10.3 Å². The van der Waals surface area contributed by atoms with E-state index >= 15 is 0 Å². The largest absolute Gasteiger partial charge is 0.397 e. The highest BCUT2D eigenvalue weighted by molar-refractivity contribution is 5.59. The highest BCUT2D eigenvalue weighted by atomic mass is 15.0. The van der Waals surface area contributed by atoms with Crippen LogP contribution >= 0.6 is 0 Å². The van der Waals surface area contributed by atoms with Gasteiger partial charge in [-0.3, -0.25) is 0 Å². The maximum Gasteiger partial charge on any atom is 0.0685 e. The molecule has 0 aliphatic heterocycles. The number of nitrogens with two attached hydrogens (primary N) is 1. The van der Waals surface area contributed by atoms with E-state index in [0.29, 0.717) is 0 Å². The minimum Gasteiger partial charge on any atom is -0.397 e. The topological polar surface area (TPSA) is 30.9 Å². The number of nitrogens with zero attached hydrogens (tertiary/aromatic N) is 1. The monoisotopic (exact) mass is 200 g/mol. The zero-order chi connectivity index (χ0) is 10.8. The molecular formula is C13H16N2. The highest BCUT2D eigenvalue weighted by Crippen LogP contribution is 2.22. The summed E-state index contributed by atoms with van der Waals surface area (Å²) in [6.07, 6.45) is 1.02.